The number of H-pyrrole nitrogens is 1. The molecule has 1 amide bonds. The molecule has 2 aliphatic heterocycles. The highest BCUT2D eigenvalue weighted by Crippen LogP contribution is 2.50. The molecule has 0 spiro atoms. The molecule has 0 radical (unpaired) electrons. The van der Waals surface area contributed by atoms with Crippen molar-refractivity contribution in [2.24, 2.45) is 4.99 Å². The Kier molecular flexibility index (Phi) is 4.26. The van der Waals surface area contributed by atoms with E-state index in [-0.39, 0.29) is 5.91 Å². The number of nitrogens with one attached hydrogen (secondary N) is 1. The molecule has 7 nitrogen and oxygen atoms in total. The van der Waals surface area contributed by atoms with Crippen molar-refractivity contribution >= 4 is 46.2 Å². The summed E-state index contributed by atoms with van der Waals surface area (Å²) >= 11 is 3.03. The standard InChI is InChI=1S/C16H16N6OS2/c1-3-21-10-7-5-6-8-11(10)24-14(21)12-13(23)22(4-2)16(25-12)19-15-17-9-18-20-15/h5-9H,3-4H2,1-2H3,(H,17,18,20)/b14-12-,19-16?. The topological polar surface area (TPSA) is 77.5 Å². The number of carbonyl (C=O) groups excluding carboxylic acids is 1. The number of likely N-dealkylation sites (N-methyl/N-ethyl adjacent to an activating group) is 1. The Morgan fingerprint density at radius 2 is 1.96 bits per heavy atom. The van der Waals surface area contributed by atoms with Gasteiger partial charge in [-0.25, -0.2) is 5.10 Å². The predicted octanol–water partition coefficient (Wildman–Crippen LogP) is 3.19. The first-order valence-corrected chi connectivity index (χ1v) is 9.58. The Hall–Kier alpha value is -2.26. The SMILES string of the molecule is CCN1C(=O)/C(=C2/Sc3ccccc3N2CC)SC1=Nc1ncn[nH]1. The van der Waals surface area contributed by atoms with Crippen LogP contribution < -0.4 is 4.90 Å². The number of rotatable bonds is 3. The number of aromatic nitrogens is 3. The van der Waals surface area contributed by atoms with E-state index in [1.54, 1.807) is 16.7 Å². The number of thioether (sulfide) groups is 2. The average Bonchev–Trinajstić information content (AvgIpc) is 3.32. The van der Waals surface area contributed by atoms with Crippen molar-refractivity contribution < 1.29 is 4.79 Å². The summed E-state index contributed by atoms with van der Waals surface area (Å²) < 4.78 is 0. The second-order valence-electron chi connectivity index (χ2n) is 5.30. The minimum atomic E-state index is -0.0143. The van der Waals surface area contributed by atoms with Crippen LogP contribution in [0.5, 0.6) is 0 Å². The number of amides is 1. The van der Waals surface area contributed by atoms with Crippen LogP contribution in [0, 0.1) is 0 Å². The maximum Gasteiger partial charge on any atom is 0.269 e. The zero-order valence-electron chi connectivity index (χ0n) is 13.8. The van der Waals surface area contributed by atoms with Crippen LogP contribution in [0.15, 0.2) is 50.4 Å². The molecule has 1 saturated heterocycles. The number of aliphatic imine (C=N–C) groups is 1. The molecule has 1 aromatic carbocycles. The summed E-state index contributed by atoms with van der Waals surface area (Å²) in [6.07, 6.45) is 1.40. The second-order valence-corrected chi connectivity index (χ2v) is 7.31. The van der Waals surface area contributed by atoms with Crippen LogP contribution in [-0.4, -0.2) is 44.2 Å². The van der Waals surface area contributed by atoms with E-state index in [2.05, 4.69) is 44.1 Å². The predicted molar refractivity (Wildman–Crippen MR) is 101 cm³/mol. The maximum atomic E-state index is 13.0. The lowest BCUT2D eigenvalue weighted by Gasteiger charge is -2.19. The molecule has 1 N–H and O–H groups in total. The molecule has 0 unspecified atom stereocenters. The van der Waals surface area contributed by atoms with Gasteiger partial charge in [-0.2, -0.15) is 15.1 Å². The first-order valence-electron chi connectivity index (χ1n) is 7.95. The van der Waals surface area contributed by atoms with Crippen LogP contribution >= 0.6 is 23.5 Å². The molecule has 25 heavy (non-hydrogen) atoms. The number of nitrogens with zero attached hydrogens (tertiary/aromatic N) is 5. The summed E-state index contributed by atoms with van der Waals surface area (Å²) in [5.41, 5.74) is 1.15. The van der Waals surface area contributed by atoms with Crippen LogP contribution in [0.25, 0.3) is 0 Å². The molecule has 3 heterocycles. The largest absolute Gasteiger partial charge is 0.334 e. The highest BCUT2D eigenvalue weighted by atomic mass is 32.2. The maximum absolute atomic E-state index is 13.0. The number of fused-ring (bicyclic) bond motifs is 1. The number of benzene rings is 1. The van der Waals surface area contributed by atoms with Gasteiger partial charge in [0.15, 0.2) is 5.17 Å². The van der Waals surface area contributed by atoms with Gasteiger partial charge in [0.1, 0.15) is 16.3 Å². The van der Waals surface area contributed by atoms with E-state index in [1.807, 2.05) is 19.1 Å². The highest BCUT2D eigenvalue weighted by Gasteiger charge is 2.39. The quantitative estimate of drug-likeness (QED) is 0.834. The number of carbonyl (C=O) groups is 1. The molecule has 128 valence electrons. The Bertz CT molecular complexity index is 877. The van der Waals surface area contributed by atoms with Crippen molar-refractivity contribution in [3.63, 3.8) is 0 Å². The van der Waals surface area contributed by atoms with E-state index in [4.69, 9.17) is 0 Å². The summed E-state index contributed by atoms with van der Waals surface area (Å²) in [7, 11) is 0. The molecule has 1 aromatic heterocycles. The molecule has 2 aromatic rings. The van der Waals surface area contributed by atoms with Crippen molar-refractivity contribution in [1.29, 1.82) is 0 Å². The first-order chi connectivity index (χ1) is 12.2. The number of amidine groups is 1. The monoisotopic (exact) mass is 372 g/mol. The third kappa shape index (κ3) is 2.73. The summed E-state index contributed by atoms with van der Waals surface area (Å²) in [5, 5.41) is 8.11. The molecule has 1 fully saturated rings. The Morgan fingerprint density at radius 1 is 1.16 bits per heavy atom. The first kappa shape index (κ1) is 16.2. The summed E-state index contributed by atoms with van der Waals surface area (Å²) in [4.78, 5) is 27.2. The molecule has 9 heteroatoms. The lowest BCUT2D eigenvalue weighted by Crippen LogP contribution is -2.29. The number of hydrogen-bond acceptors (Lipinski definition) is 7. The highest BCUT2D eigenvalue weighted by molar-refractivity contribution is 8.19. The van der Waals surface area contributed by atoms with Crippen molar-refractivity contribution in [2.45, 2.75) is 18.7 Å². The molecule has 0 bridgehead atoms. The zero-order chi connectivity index (χ0) is 17.4. The smallest absolute Gasteiger partial charge is 0.269 e. The number of anilines is 1. The van der Waals surface area contributed by atoms with Gasteiger partial charge in [0.25, 0.3) is 5.91 Å². The lowest BCUT2D eigenvalue weighted by molar-refractivity contribution is -0.122. The molecular formula is C16H16N6OS2. The lowest BCUT2D eigenvalue weighted by atomic mass is 10.3. The van der Waals surface area contributed by atoms with Crippen LogP contribution in [0.4, 0.5) is 11.6 Å². The van der Waals surface area contributed by atoms with E-state index >= 15 is 0 Å². The summed E-state index contributed by atoms with van der Waals surface area (Å²) in [6, 6.07) is 8.21. The van der Waals surface area contributed by atoms with Gasteiger partial charge in [-0.05, 0) is 37.7 Å². The minimum absolute atomic E-state index is 0.0143. The van der Waals surface area contributed by atoms with Crippen LogP contribution in [0.3, 0.4) is 0 Å². The molecule has 4 rings (SSSR count). The number of hydrogen-bond donors (Lipinski definition) is 1. The number of para-hydroxylation sites is 1. The van der Waals surface area contributed by atoms with Gasteiger partial charge in [-0.3, -0.25) is 9.69 Å². The molecular weight excluding hydrogens is 356 g/mol. The van der Waals surface area contributed by atoms with Crippen LogP contribution in [0.1, 0.15) is 13.8 Å². The van der Waals surface area contributed by atoms with Crippen molar-refractivity contribution in [3.05, 3.63) is 40.5 Å². The fourth-order valence-electron chi connectivity index (χ4n) is 2.76. The molecule has 2 aliphatic rings. The Labute approximate surface area is 153 Å². The van der Waals surface area contributed by atoms with Gasteiger partial charge in [-0.1, -0.05) is 23.9 Å². The van der Waals surface area contributed by atoms with Gasteiger partial charge in [0.2, 0.25) is 5.95 Å². The van der Waals surface area contributed by atoms with Crippen molar-refractivity contribution in [3.8, 4) is 0 Å². The normalized spacial score (nSPS) is 21.5. The number of aromatic amines is 1. The van der Waals surface area contributed by atoms with Gasteiger partial charge >= 0.3 is 0 Å². The Morgan fingerprint density at radius 3 is 2.68 bits per heavy atom. The minimum Gasteiger partial charge on any atom is -0.334 e. The fraction of sp³-hybridized carbons (Fsp3) is 0.250. The van der Waals surface area contributed by atoms with Gasteiger partial charge < -0.3 is 4.90 Å². The third-order valence-corrected chi connectivity index (χ3v) is 6.28. The average molecular weight is 372 g/mol. The summed E-state index contributed by atoms with van der Waals surface area (Å²) in [5.74, 6) is 0.384. The van der Waals surface area contributed by atoms with Gasteiger partial charge in [-0.15, -0.1) is 0 Å². The van der Waals surface area contributed by atoms with Crippen LogP contribution in [0.2, 0.25) is 0 Å². The van der Waals surface area contributed by atoms with Gasteiger partial charge in [0.05, 0.1) is 5.69 Å². The van der Waals surface area contributed by atoms with Crippen molar-refractivity contribution in [2.75, 3.05) is 18.0 Å². The molecule has 0 aliphatic carbocycles. The molecule has 0 saturated carbocycles. The summed E-state index contributed by atoms with van der Waals surface area (Å²) in [6.45, 7) is 5.39. The van der Waals surface area contributed by atoms with E-state index in [9.17, 15) is 4.79 Å². The van der Waals surface area contributed by atoms with Gasteiger partial charge in [0, 0.05) is 18.0 Å². The Balaban J connectivity index is 1.76. The van der Waals surface area contributed by atoms with Crippen molar-refractivity contribution in [1.82, 2.24) is 20.1 Å². The second kappa shape index (κ2) is 6.57. The van der Waals surface area contributed by atoms with E-state index in [0.29, 0.717) is 22.6 Å². The third-order valence-electron chi connectivity index (χ3n) is 3.90. The zero-order valence-corrected chi connectivity index (χ0v) is 15.4. The van der Waals surface area contributed by atoms with E-state index < -0.39 is 0 Å². The van der Waals surface area contributed by atoms with E-state index in [0.717, 1.165) is 17.3 Å². The molecule has 0 atom stereocenters. The van der Waals surface area contributed by atoms with E-state index in [1.165, 1.54) is 23.0 Å². The van der Waals surface area contributed by atoms with Crippen LogP contribution in [-0.2, 0) is 4.79 Å². The fourth-order valence-corrected chi connectivity index (χ4v) is 5.20.